The largest absolute Gasteiger partial charge is 0.493 e. The van der Waals surface area contributed by atoms with Crippen molar-refractivity contribution in [2.75, 3.05) is 12.0 Å². The number of methoxy groups -OCH3 is 1. The van der Waals surface area contributed by atoms with Crippen molar-refractivity contribution < 1.29 is 33.8 Å². The molecule has 8 nitrogen and oxygen atoms in total. The van der Waals surface area contributed by atoms with Gasteiger partial charge in [0.05, 0.1) is 35.1 Å². The summed E-state index contributed by atoms with van der Waals surface area (Å²) in [5.74, 6) is -2.40. The quantitative estimate of drug-likeness (QED) is 0.331. The number of nitrogens with zero attached hydrogens (tertiary/aromatic N) is 1. The first-order chi connectivity index (χ1) is 16.3. The molecule has 0 unspecified atom stereocenters. The Morgan fingerprint density at radius 1 is 0.853 bits per heavy atom. The Labute approximate surface area is 194 Å². The molecule has 8 heteroatoms. The molecule has 0 saturated heterocycles. The number of amides is 2. The summed E-state index contributed by atoms with van der Waals surface area (Å²) >= 11 is 0. The number of imide groups is 1. The van der Waals surface area contributed by atoms with Crippen LogP contribution in [0.1, 0.15) is 53.9 Å². The second kappa shape index (κ2) is 9.03. The second-order valence-electron chi connectivity index (χ2n) is 7.36. The lowest BCUT2D eigenvalue weighted by atomic mass is 10.1. The van der Waals surface area contributed by atoms with Gasteiger partial charge in [0.25, 0.3) is 11.8 Å². The van der Waals surface area contributed by atoms with Gasteiger partial charge in [-0.2, -0.15) is 0 Å². The van der Waals surface area contributed by atoms with Gasteiger partial charge in [-0.05, 0) is 67.1 Å². The van der Waals surface area contributed by atoms with E-state index in [4.69, 9.17) is 14.6 Å². The van der Waals surface area contributed by atoms with Crippen LogP contribution in [-0.2, 0) is 0 Å². The molecule has 0 spiro atoms. The highest BCUT2D eigenvalue weighted by molar-refractivity contribution is 6.34. The number of aromatic carboxylic acids is 1. The standard InChI is InChI=1S/C26H19NO7/c1-3-4-15-5-12-21(22(13-15)33-2)34-26(32)16-6-9-18(10-7-16)27-23(28)19-11-8-17(25(30)31)14-20(19)24(27)29/h3-14H,1-2H3,(H,30,31)/b4-3+. The highest BCUT2D eigenvalue weighted by Crippen LogP contribution is 2.31. The zero-order valence-corrected chi connectivity index (χ0v) is 18.3. The lowest BCUT2D eigenvalue weighted by Gasteiger charge is -2.14. The van der Waals surface area contributed by atoms with Crippen molar-refractivity contribution in [3.8, 4) is 11.5 Å². The highest BCUT2D eigenvalue weighted by atomic mass is 16.6. The Kier molecular flexibility index (Phi) is 5.97. The summed E-state index contributed by atoms with van der Waals surface area (Å²) in [4.78, 5) is 50.3. The van der Waals surface area contributed by atoms with Crippen LogP contribution < -0.4 is 14.4 Å². The summed E-state index contributed by atoms with van der Waals surface area (Å²) in [5, 5.41) is 9.15. The van der Waals surface area contributed by atoms with Crippen LogP contribution in [0.15, 0.2) is 66.7 Å². The van der Waals surface area contributed by atoms with Gasteiger partial charge < -0.3 is 14.6 Å². The second-order valence-corrected chi connectivity index (χ2v) is 7.36. The molecule has 0 bridgehead atoms. The summed E-state index contributed by atoms with van der Waals surface area (Å²) in [6.07, 6.45) is 3.76. The van der Waals surface area contributed by atoms with Crippen molar-refractivity contribution in [1.82, 2.24) is 0 Å². The Bertz CT molecular complexity index is 1360. The molecular weight excluding hydrogens is 438 g/mol. The third-order valence-corrected chi connectivity index (χ3v) is 5.24. The fraction of sp³-hybridized carbons (Fsp3) is 0.0769. The number of fused-ring (bicyclic) bond motifs is 1. The SMILES string of the molecule is C/C=C/c1ccc(OC(=O)c2ccc(N3C(=O)c4ccc(C(=O)O)cc4C3=O)cc2)c(OC)c1. The van der Waals surface area contributed by atoms with E-state index in [-0.39, 0.29) is 33.7 Å². The molecule has 0 saturated carbocycles. The smallest absolute Gasteiger partial charge is 0.343 e. The first-order valence-electron chi connectivity index (χ1n) is 10.2. The number of ether oxygens (including phenoxy) is 2. The monoisotopic (exact) mass is 457 g/mol. The minimum atomic E-state index is -1.20. The van der Waals surface area contributed by atoms with Crippen molar-refractivity contribution in [1.29, 1.82) is 0 Å². The van der Waals surface area contributed by atoms with Crippen LogP contribution in [0, 0.1) is 0 Å². The van der Waals surface area contributed by atoms with Gasteiger partial charge >= 0.3 is 11.9 Å². The molecule has 3 aromatic carbocycles. The van der Waals surface area contributed by atoms with Crippen molar-refractivity contribution in [2.24, 2.45) is 0 Å². The average molecular weight is 457 g/mol. The number of anilines is 1. The maximum Gasteiger partial charge on any atom is 0.343 e. The number of carbonyl (C=O) groups excluding carboxylic acids is 3. The highest BCUT2D eigenvalue weighted by Gasteiger charge is 2.37. The van der Waals surface area contributed by atoms with Crippen LogP contribution in [0.25, 0.3) is 6.08 Å². The van der Waals surface area contributed by atoms with Gasteiger partial charge in [0.2, 0.25) is 0 Å². The molecule has 1 aliphatic heterocycles. The zero-order chi connectivity index (χ0) is 24.4. The molecule has 0 aliphatic carbocycles. The summed E-state index contributed by atoms with van der Waals surface area (Å²) in [6.45, 7) is 1.89. The normalized spacial score (nSPS) is 12.7. The molecule has 170 valence electrons. The molecule has 3 aromatic rings. The lowest BCUT2D eigenvalue weighted by molar-refractivity contribution is 0.0693. The predicted octanol–water partition coefficient (Wildman–Crippen LogP) is 4.45. The van der Waals surface area contributed by atoms with E-state index in [2.05, 4.69) is 0 Å². The van der Waals surface area contributed by atoms with E-state index in [9.17, 15) is 19.2 Å². The van der Waals surface area contributed by atoms with Gasteiger partial charge in [-0.1, -0.05) is 18.2 Å². The third-order valence-electron chi connectivity index (χ3n) is 5.24. The van der Waals surface area contributed by atoms with Crippen molar-refractivity contribution in [3.63, 3.8) is 0 Å². The van der Waals surface area contributed by atoms with Crippen molar-refractivity contribution in [3.05, 3.63) is 94.6 Å². The first kappa shape index (κ1) is 22.5. The molecule has 0 fully saturated rings. The molecule has 1 aliphatic rings. The Balaban J connectivity index is 1.54. The molecule has 1 heterocycles. The number of hydrogen-bond acceptors (Lipinski definition) is 6. The Morgan fingerprint density at radius 2 is 1.53 bits per heavy atom. The van der Waals surface area contributed by atoms with Gasteiger partial charge in [0, 0.05) is 0 Å². The summed E-state index contributed by atoms with van der Waals surface area (Å²) in [7, 11) is 1.47. The molecule has 34 heavy (non-hydrogen) atoms. The Hall–Kier alpha value is -4.72. The number of allylic oxidation sites excluding steroid dienone is 1. The van der Waals surface area contributed by atoms with E-state index in [0.717, 1.165) is 10.5 Å². The van der Waals surface area contributed by atoms with Crippen molar-refractivity contribution in [2.45, 2.75) is 6.92 Å². The van der Waals surface area contributed by atoms with Gasteiger partial charge in [-0.3, -0.25) is 9.59 Å². The van der Waals surface area contributed by atoms with E-state index in [0.29, 0.717) is 5.75 Å². The van der Waals surface area contributed by atoms with E-state index in [1.54, 1.807) is 18.2 Å². The van der Waals surface area contributed by atoms with Crippen LogP contribution in [0.2, 0.25) is 0 Å². The van der Waals surface area contributed by atoms with Crippen LogP contribution in [0.3, 0.4) is 0 Å². The van der Waals surface area contributed by atoms with Gasteiger partial charge in [-0.25, -0.2) is 14.5 Å². The number of benzene rings is 3. The van der Waals surface area contributed by atoms with Crippen LogP contribution in [-0.4, -0.2) is 36.0 Å². The number of carboxylic acids is 1. The molecular formula is C26H19NO7. The van der Waals surface area contributed by atoms with E-state index in [1.165, 1.54) is 49.6 Å². The summed E-state index contributed by atoms with van der Waals surface area (Å²) < 4.78 is 10.8. The van der Waals surface area contributed by atoms with E-state index < -0.39 is 23.8 Å². The van der Waals surface area contributed by atoms with Crippen LogP contribution in [0.4, 0.5) is 5.69 Å². The minimum absolute atomic E-state index is 0.0156. The van der Waals surface area contributed by atoms with Crippen LogP contribution >= 0.6 is 0 Å². The van der Waals surface area contributed by atoms with Gasteiger partial charge in [0.1, 0.15) is 0 Å². The Morgan fingerprint density at radius 3 is 2.18 bits per heavy atom. The first-order valence-corrected chi connectivity index (χ1v) is 10.2. The number of hydrogen-bond donors (Lipinski definition) is 1. The van der Waals surface area contributed by atoms with E-state index >= 15 is 0 Å². The molecule has 0 atom stereocenters. The van der Waals surface area contributed by atoms with Crippen LogP contribution in [0.5, 0.6) is 11.5 Å². The number of carbonyl (C=O) groups is 4. The third kappa shape index (κ3) is 4.04. The minimum Gasteiger partial charge on any atom is -0.493 e. The molecule has 0 radical (unpaired) electrons. The maximum absolute atomic E-state index is 12.8. The molecule has 1 N–H and O–H groups in total. The zero-order valence-electron chi connectivity index (χ0n) is 18.3. The molecule has 4 rings (SSSR count). The summed E-state index contributed by atoms with van der Waals surface area (Å²) in [5.41, 5.74) is 1.38. The fourth-order valence-corrected chi connectivity index (χ4v) is 3.58. The summed E-state index contributed by atoms with van der Waals surface area (Å²) in [6, 6.07) is 14.7. The topological polar surface area (TPSA) is 110 Å². The maximum atomic E-state index is 12.8. The fourth-order valence-electron chi connectivity index (χ4n) is 3.58. The van der Waals surface area contributed by atoms with Gasteiger partial charge in [-0.15, -0.1) is 0 Å². The number of esters is 1. The predicted molar refractivity (Wildman–Crippen MR) is 124 cm³/mol. The average Bonchev–Trinajstić information content (AvgIpc) is 3.09. The lowest BCUT2D eigenvalue weighted by Crippen LogP contribution is -2.29. The van der Waals surface area contributed by atoms with Gasteiger partial charge in [0.15, 0.2) is 11.5 Å². The molecule has 2 amide bonds. The van der Waals surface area contributed by atoms with E-state index in [1.807, 2.05) is 19.1 Å². The van der Waals surface area contributed by atoms with Crippen molar-refractivity contribution >= 4 is 35.5 Å². The number of rotatable bonds is 6. The number of carboxylic acid groups (broad SMARTS) is 1. The molecule has 0 aromatic heterocycles.